The molecule has 0 amide bonds. The van der Waals surface area contributed by atoms with E-state index < -0.39 is 5.97 Å². The second-order valence-corrected chi connectivity index (χ2v) is 4.52. The van der Waals surface area contributed by atoms with Crippen molar-refractivity contribution < 1.29 is 23.2 Å². The summed E-state index contributed by atoms with van der Waals surface area (Å²) in [6.45, 7) is 0. The van der Waals surface area contributed by atoms with Crippen LogP contribution in [0.5, 0.6) is 0 Å². The van der Waals surface area contributed by atoms with Gasteiger partial charge in [-0.05, 0) is 24.3 Å². The summed E-state index contributed by atoms with van der Waals surface area (Å²) in [6, 6.07) is 14.0. The van der Waals surface area contributed by atoms with E-state index in [0.717, 1.165) is 11.1 Å². The molecule has 3 rings (SSSR count). The minimum absolute atomic E-state index is 0.125. The van der Waals surface area contributed by atoms with Gasteiger partial charge >= 0.3 is 5.97 Å². The lowest BCUT2D eigenvalue weighted by atomic mass is 10.0. The number of rotatable bonds is 4. The predicted molar refractivity (Wildman–Crippen MR) is 78.6 cm³/mol. The van der Waals surface area contributed by atoms with Crippen LogP contribution in [0.4, 0.5) is 0 Å². The lowest BCUT2D eigenvalue weighted by molar-refractivity contribution is 0.0566. The molecular weight excluding hydrogens is 284 g/mol. The second kappa shape index (κ2) is 5.73. The van der Waals surface area contributed by atoms with Crippen molar-refractivity contribution in [3.63, 3.8) is 0 Å². The molecule has 5 heteroatoms. The van der Waals surface area contributed by atoms with Crippen molar-refractivity contribution in [2.24, 2.45) is 0 Å². The number of furan rings is 2. The van der Waals surface area contributed by atoms with Crippen molar-refractivity contribution in [2.45, 2.75) is 0 Å². The van der Waals surface area contributed by atoms with Crippen LogP contribution >= 0.6 is 0 Å². The fourth-order valence-corrected chi connectivity index (χ4v) is 2.17. The van der Waals surface area contributed by atoms with Crippen molar-refractivity contribution >= 4 is 12.3 Å². The Bertz CT molecular complexity index is 825. The van der Waals surface area contributed by atoms with Crippen LogP contribution < -0.4 is 0 Å². The minimum Gasteiger partial charge on any atom is -0.463 e. The highest BCUT2D eigenvalue weighted by Gasteiger charge is 2.16. The quantitative estimate of drug-likeness (QED) is 0.541. The van der Waals surface area contributed by atoms with Crippen molar-refractivity contribution in [3.8, 4) is 22.6 Å². The Labute approximate surface area is 126 Å². The third-order valence-electron chi connectivity index (χ3n) is 3.19. The molecule has 1 aromatic carbocycles. The van der Waals surface area contributed by atoms with Crippen LogP contribution in [0.3, 0.4) is 0 Å². The molecule has 0 aliphatic rings. The first-order valence-electron chi connectivity index (χ1n) is 6.56. The molecule has 3 aromatic rings. The fraction of sp³-hybridized carbons (Fsp3) is 0.0588. The van der Waals surface area contributed by atoms with Crippen LogP contribution in [0, 0.1) is 0 Å². The maximum Gasteiger partial charge on any atom is 0.373 e. The third kappa shape index (κ3) is 2.44. The number of carbonyl (C=O) groups excluding carboxylic acids is 2. The molecule has 0 aliphatic heterocycles. The van der Waals surface area contributed by atoms with E-state index in [0.29, 0.717) is 17.8 Å². The van der Waals surface area contributed by atoms with E-state index in [1.165, 1.54) is 7.11 Å². The zero-order chi connectivity index (χ0) is 15.5. The molecule has 0 saturated carbocycles. The molecule has 0 bridgehead atoms. The largest absolute Gasteiger partial charge is 0.463 e. The summed E-state index contributed by atoms with van der Waals surface area (Å²) in [7, 11) is 1.29. The fourth-order valence-electron chi connectivity index (χ4n) is 2.17. The van der Waals surface area contributed by atoms with Gasteiger partial charge in [0.2, 0.25) is 5.76 Å². The first-order chi connectivity index (χ1) is 10.7. The van der Waals surface area contributed by atoms with Gasteiger partial charge in [0.25, 0.3) is 0 Å². The van der Waals surface area contributed by atoms with Gasteiger partial charge in [-0.1, -0.05) is 24.3 Å². The molecule has 0 aliphatic carbocycles. The van der Waals surface area contributed by atoms with E-state index in [4.69, 9.17) is 8.83 Å². The number of benzene rings is 1. The Balaban J connectivity index is 2.06. The monoisotopic (exact) mass is 296 g/mol. The summed E-state index contributed by atoms with van der Waals surface area (Å²) in [4.78, 5) is 22.2. The van der Waals surface area contributed by atoms with Crippen molar-refractivity contribution in [1.82, 2.24) is 0 Å². The Morgan fingerprint density at radius 1 is 0.955 bits per heavy atom. The van der Waals surface area contributed by atoms with Crippen LogP contribution in [0.25, 0.3) is 22.6 Å². The van der Waals surface area contributed by atoms with Crippen LogP contribution in [-0.4, -0.2) is 19.4 Å². The van der Waals surface area contributed by atoms with Crippen LogP contribution in [0.2, 0.25) is 0 Å². The Kier molecular flexibility index (Phi) is 3.62. The molecule has 0 atom stereocenters. The maximum absolute atomic E-state index is 11.5. The highest BCUT2D eigenvalue weighted by Crippen LogP contribution is 2.33. The summed E-state index contributed by atoms with van der Waals surface area (Å²) < 4.78 is 15.6. The molecule has 0 saturated heterocycles. The molecule has 2 aromatic heterocycles. The highest BCUT2D eigenvalue weighted by molar-refractivity contribution is 5.88. The molecule has 110 valence electrons. The second-order valence-electron chi connectivity index (χ2n) is 4.52. The van der Waals surface area contributed by atoms with E-state index in [1.807, 2.05) is 24.3 Å². The predicted octanol–water partition coefficient (Wildman–Crippen LogP) is 3.81. The van der Waals surface area contributed by atoms with Gasteiger partial charge in [0.15, 0.2) is 12.0 Å². The smallest absolute Gasteiger partial charge is 0.373 e. The first kappa shape index (κ1) is 13.9. The maximum atomic E-state index is 11.5. The van der Waals surface area contributed by atoms with Crippen LogP contribution in [-0.2, 0) is 4.74 Å². The lowest BCUT2D eigenvalue weighted by Crippen LogP contribution is -1.98. The summed E-state index contributed by atoms with van der Waals surface area (Å²) in [6.07, 6.45) is 0.647. The summed E-state index contributed by atoms with van der Waals surface area (Å²) in [5, 5.41) is 0. The highest BCUT2D eigenvalue weighted by atomic mass is 16.5. The van der Waals surface area contributed by atoms with E-state index >= 15 is 0 Å². The number of hydrogen-bond acceptors (Lipinski definition) is 5. The van der Waals surface area contributed by atoms with E-state index in [2.05, 4.69) is 4.74 Å². The Morgan fingerprint density at radius 2 is 1.59 bits per heavy atom. The molecule has 0 N–H and O–H groups in total. The average Bonchev–Trinajstić information content (AvgIpc) is 3.23. The zero-order valence-corrected chi connectivity index (χ0v) is 11.7. The van der Waals surface area contributed by atoms with Crippen molar-refractivity contribution in [2.75, 3.05) is 7.11 Å². The summed E-state index contributed by atoms with van der Waals surface area (Å²) >= 11 is 0. The van der Waals surface area contributed by atoms with Crippen molar-refractivity contribution in [1.29, 1.82) is 0 Å². The van der Waals surface area contributed by atoms with Gasteiger partial charge in [0.05, 0.1) is 7.11 Å². The van der Waals surface area contributed by atoms with E-state index in [1.54, 1.807) is 24.3 Å². The molecule has 2 heterocycles. The Morgan fingerprint density at radius 3 is 2.18 bits per heavy atom. The number of esters is 1. The van der Waals surface area contributed by atoms with Crippen molar-refractivity contribution in [3.05, 3.63) is 60.1 Å². The topological polar surface area (TPSA) is 69.7 Å². The molecular formula is C17H12O5. The number of hydrogen-bond donors (Lipinski definition) is 0. The number of ether oxygens (including phenoxy) is 1. The van der Waals surface area contributed by atoms with Gasteiger partial charge in [-0.15, -0.1) is 0 Å². The van der Waals surface area contributed by atoms with Crippen LogP contribution in [0.1, 0.15) is 21.1 Å². The van der Waals surface area contributed by atoms with Gasteiger partial charge in [0, 0.05) is 11.1 Å². The summed E-state index contributed by atoms with van der Waals surface area (Å²) in [5.41, 5.74) is 1.52. The van der Waals surface area contributed by atoms with Crippen LogP contribution in [0.15, 0.2) is 57.4 Å². The summed E-state index contributed by atoms with van der Waals surface area (Å²) in [5.74, 6) is 0.901. The minimum atomic E-state index is -0.537. The SMILES string of the molecule is COC(=O)c1ccc(-c2ccccc2-c2ccc(C=O)o2)o1. The Hall–Kier alpha value is -3.08. The molecule has 0 unspecified atom stereocenters. The molecule has 5 nitrogen and oxygen atoms in total. The van der Waals surface area contributed by atoms with Gasteiger partial charge in [-0.2, -0.15) is 0 Å². The molecule has 0 fully saturated rings. The molecule has 0 spiro atoms. The van der Waals surface area contributed by atoms with Gasteiger partial charge in [0.1, 0.15) is 11.5 Å². The first-order valence-corrected chi connectivity index (χ1v) is 6.56. The third-order valence-corrected chi connectivity index (χ3v) is 3.19. The number of aldehydes is 1. The van der Waals surface area contributed by atoms with E-state index in [9.17, 15) is 9.59 Å². The lowest BCUT2D eigenvalue weighted by Gasteiger charge is -2.04. The van der Waals surface area contributed by atoms with Gasteiger partial charge in [-0.25, -0.2) is 4.79 Å². The normalized spacial score (nSPS) is 10.4. The van der Waals surface area contributed by atoms with Gasteiger partial charge in [-0.3, -0.25) is 4.79 Å². The average molecular weight is 296 g/mol. The molecule has 0 radical (unpaired) electrons. The number of carbonyl (C=O) groups is 2. The number of methoxy groups -OCH3 is 1. The zero-order valence-electron chi connectivity index (χ0n) is 11.7. The standard InChI is InChI=1S/C17H12O5/c1-20-17(19)16-9-8-15(22-16)13-5-3-2-4-12(13)14-7-6-11(10-18)21-14/h2-10H,1H3. The van der Waals surface area contributed by atoms with E-state index in [-0.39, 0.29) is 11.5 Å². The molecule has 22 heavy (non-hydrogen) atoms. The van der Waals surface area contributed by atoms with Gasteiger partial charge < -0.3 is 13.6 Å².